The highest BCUT2D eigenvalue weighted by atomic mass is 16.5. The van der Waals surface area contributed by atoms with E-state index in [0.717, 1.165) is 12.5 Å². The molecule has 2 fully saturated rings. The Morgan fingerprint density at radius 2 is 1.83 bits per heavy atom. The van der Waals surface area contributed by atoms with E-state index in [2.05, 4.69) is 33.0 Å². The van der Waals surface area contributed by atoms with E-state index in [1.54, 1.807) is 0 Å². The molecule has 2 rings (SSSR count). The Bertz CT molecular complexity index is 258. The summed E-state index contributed by atoms with van der Waals surface area (Å²) in [6.45, 7) is 9.95. The Balaban J connectivity index is 1.98. The summed E-state index contributed by atoms with van der Waals surface area (Å²) in [7, 11) is 0. The molecule has 0 amide bonds. The van der Waals surface area contributed by atoms with Gasteiger partial charge in [0.15, 0.2) is 0 Å². The molecule has 2 saturated carbocycles. The topological polar surface area (TPSA) is 21.3 Å². The third-order valence-electron chi connectivity index (χ3n) is 5.40. The first kappa shape index (κ1) is 14.3. The highest BCUT2D eigenvalue weighted by Crippen LogP contribution is 2.53. The van der Waals surface area contributed by atoms with Gasteiger partial charge in [0.1, 0.15) is 0 Å². The second-order valence-electron chi connectivity index (χ2n) is 6.73. The monoisotopic (exact) mass is 253 g/mol. The number of hydrogen-bond donors (Lipinski definition) is 1. The highest BCUT2D eigenvalue weighted by molar-refractivity contribution is 5.09. The molecule has 0 aromatic heterocycles. The maximum atomic E-state index is 6.00. The Hall–Kier alpha value is -0.0800. The van der Waals surface area contributed by atoms with Crippen molar-refractivity contribution in [3.8, 4) is 0 Å². The summed E-state index contributed by atoms with van der Waals surface area (Å²) in [6.07, 6.45) is 8.73. The number of hydrogen-bond acceptors (Lipinski definition) is 2. The van der Waals surface area contributed by atoms with Crippen LogP contribution in [0.4, 0.5) is 0 Å². The van der Waals surface area contributed by atoms with Gasteiger partial charge in [-0.05, 0) is 39.0 Å². The minimum Gasteiger partial charge on any atom is -0.378 e. The van der Waals surface area contributed by atoms with Crippen molar-refractivity contribution in [2.75, 3.05) is 6.61 Å². The van der Waals surface area contributed by atoms with Crippen LogP contribution in [0.3, 0.4) is 0 Å². The number of nitrogens with one attached hydrogen (secondary N) is 1. The largest absolute Gasteiger partial charge is 0.378 e. The molecule has 0 saturated heterocycles. The Labute approximate surface area is 113 Å². The normalized spacial score (nSPS) is 32.5. The van der Waals surface area contributed by atoms with Crippen molar-refractivity contribution >= 4 is 0 Å². The fraction of sp³-hybridized carbons (Fsp3) is 1.00. The van der Waals surface area contributed by atoms with Crippen molar-refractivity contribution in [3.05, 3.63) is 0 Å². The zero-order valence-corrected chi connectivity index (χ0v) is 12.7. The standard InChI is InChI=1S/C16H31NO/c1-5-18-15-11-14(17-13(4)12(2)3)16(15)9-7-6-8-10-16/h12-15,17H,5-11H2,1-4H3. The van der Waals surface area contributed by atoms with Gasteiger partial charge < -0.3 is 10.1 Å². The average Bonchev–Trinajstić information content (AvgIpc) is 2.38. The lowest BCUT2D eigenvalue weighted by atomic mass is 9.55. The molecule has 106 valence electrons. The molecule has 0 aromatic carbocycles. The molecule has 0 radical (unpaired) electrons. The maximum Gasteiger partial charge on any atom is 0.0661 e. The van der Waals surface area contributed by atoms with Crippen LogP contribution >= 0.6 is 0 Å². The molecule has 0 aliphatic heterocycles. The average molecular weight is 253 g/mol. The number of rotatable bonds is 5. The molecule has 3 unspecified atom stereocenters. The summed E-state index contributed by atoms with van der Waals surface area (Å²) in [5.74, 6) is 0.719. The van der Waals surface area contributed by atoms with E-state index in [4.69, 9.17) is 4.74 Å². The van der Waals surface area contributed by atoms with Gasteiger partial charge in [-0.25, -0.2) is 0 Å². The molecular weight excluding hydrogens is 222 g/mol. The molecule has 2 heteroatoms. The summed E-state index contributed by atoms with van der Waals surface area (Å²) < 4.78 is 6.00. The van der Waals surface area contributed by atoms with E-state index < -0.39 is 0 Å². The first-order valence-electron chi connectivity index (χ1n) is 7.98. The maximum absolute atomic E-state index is 6.00. The lowest BCUT2D eigenvalue weighted by molar-refractivity contribution is -0.152. The highest BCUT2D eigenvalue weighted by Gasteiger charge is 2.55. The predicted molar refractivity (Wildman–Crippen MR) is 76.8 cm³/mol. The van der Waals surface area contributed by atoms with Crippen LogP contribution in [-0.4, -0.2) is 24.8 Å². The first-order chi connectivity index (χ1) is 8.60. The minimum atomic E-state index is 0.470. The molecule has 2 aliphatic carbocycles. The SMILES string of the molecule is CCOC1CC(NC(C)C(C)C)C12CCCCC2. The molecule has 1 spiro atoms. The van der Waals surface area contributed by atoms with Crippen LogP contribution < -0.4 is 5.32 Å². The van der Waals surface area contributed by atoms with Crippen molar-refractivity contribution in [2.45, 2.75) is 84.4 Å². The van der Waals surface area contributed by atoms with Gasteiger partial charge in [-0.15, -0.1) is 0 Å². The van der Waals surface area contributed by atoms with Crippen LogP contribution in [0, 0.1) is 11.3 Å². The second kappa shape index (κ2) is 5.92. The van der Waals surface area contributed by atoms with Gasteiger partial charge in [0, 0.05) is 24.1 Å². The van der Waals surface area contributed by atoms with Crippen LogP contribution in [0.2, 0.25) is 0 Å². The van der Waals surface area contributed by atoms with Gasteiger partial charge in [0.25, 0.3) is 0 Å². The first-order valence-corrected chi connectivity index (χ1v) is 7.98. The summed E-state index contributed by atoms with van der Waals surface area (Å²) >= 11 is 0. The molecule has 18 heavy (non-hydrogen) atoms. The smallest absolute Gasteiger partial charge is 0.0661 e. The summed E-state index contributed by atoms with van der Waals surface area (Å²) in [5, 5.41) is 3.88. The van der Waals surface area contributed by atoms with E-state index in [-0.39, 0.29) is 0 Å². The third-order valence-corrected chi connectivity index (χ3v) is 5.40. The van der Waals surface area contributed by atoms with Gasteiger partial charge in [-0.2, -0.15) is 0 Å². The lowest BCUT2D eigenvalue weighted by Crippen LogP contribution is -2.66. The molecule has 2 nitrogen and oxygen atoms in total. The zero-order valence-electron chi connectivity index (χ0n) is 12.7. The Morgan fingerprint density at radius 1 is 1.17 bits per heavy atom. The van der Waals surface area contributed by atoms with Crippen molar-refractivity contribution in [1.29, 1.82) is 0 Å². The van der Waals surface area contributed by atoms with Gasteiger partial charge >= 0.3 is 0 Å². The van der Waals surface area contributed by atoms with Crippen LogP contribution in [0.15, 0.2) is 0 Å². The van der Waals surface area contributed by atoms with Crippen LogP contribution in [0.1, 0.15) is 66.2 Å². The quantitative estimate of drug-likeness (QED) is 0.805. The molecule has 3 atom stereocenters. The van der Waals surface area contributed by atoms with Crippen molar-refractivity contribution in [3.63, 3.8) is 0 Å². The Kier molecular flexibility index (Phi) is 4.71. The zero-order chi connectivity index (χ0) is 13.2. The van der Waals surface area contributed by atoms with Gasteiger partial charge in [0.05, 0.1) is 6.10 Å². The van der Waals surface area contributed by atoms with Crippen molar-refractivity contribution < 1.29 is 4.74 Å². The van der Waals surface area contributed by atoms with Gasteiger partial charge in [-0.3, -0.25) is 0 Å². The fourth-order valence-electron chi connectivity index (χ4n) is 3.81. The predicted octanol–water partition coefficient (Wildman–Crippen LogP) is 3.75. The Morgan fingerprint density at radius 3 is 2.39 bits per heavy atom. The van der Waals surface area contributed by atoms with E-state index in [0.29, 0.717) is 23.6 Å². The van der Waals surface area contributed by atoms with E-state index in [1.165, 1.54) is 38.5 Å². The van der Waals surface area contributed by atoms with Crippen molar-refractivity contribution in [2.24, 2.45) is 11.3 Å². The molecular formula is C16H31NO. The lowest BCUT2D eigenvalue weighted by Gasteiger charge is -2.58. The van der Waals surface area contributed by atoms with Crippen molar-refractivity contribution in [1.82, 2.24) is 5.32 Å². The second-order valence-corrected chi connectivity index (χ2v) is 6.73. The summed E-state index contributed by atoms with van der Waals surface area (Å²) in [6, 6.07) is 1.32. The molecule has 0 bridgehead atoms. The third kappa shape index (κ3) is 2.60. The number of ether oxygens (including phenoxy) is 1. The summed E-state index contributed by atoms with van der Waals surface area (Å²) in [4.78, 5) is 0. The van der Waals surface area contributed by atoms with E-state index in [9.17, 15) is 0 Å². The van der Waals surface area contributed by atoms with Crippen LogP contribution in [0.5, 0.6) is 0 Å². The van der Waals surface area contributed by atoms with Crippen LogP contribution in [-0.2, 0) is 4.74 Å². The molecule has 0 heterocycles. The fourth-order valence-corrected chi connectivity index (χ4v) is 3.81. The van der Waals surface area contributed by atoms with E-state index in [1.807, 2.05) is 0 Å². The van der Waals surface area contributed by atoms with Gasteiger partial charge in [-0.1, -0.05) is 33.1 Å². The van der Waals surface area contributed by atoms with Crippen LogP contribution in [0.25, 0.3) is 0 Å². The van der Waals surface area contributed by atoms with E-state index >= 15 is 0 Å². The summed E-state index contributed by atoms with van der Waals surface area (Å²) in [5.41, 5.74) is 0.470. The molecule has 0 aromatic rings. The minimum absolute atomic E-state index is 0.470. The molecule has 2 aliphatic rings. The van der Waals surface area contributed by atoms with Gasteiger partial charge in [0.2, 0.25) is 0 Å². The molecule has 1 N–H and O–H groups in total.